The first-order valence-electron chi connectivity index (χ1n) is 14.2. The molecule has 0 bridgehead atoms. The normalized spacial score (nSPS) is 18.8. The number of benzene rings is 1. The Balaban J connectivity index is 1.31. The van der Waals surface area contributed by atoms with Crippen LogP contribution >= 0.6 is 0 Å². The van der Waals surface area contributed by atoms with Crippen molar-refractivity contribution >= 4 is 16.9 Å². The van der Waals surface area contributed by atoms with Crippen molar-refractivity contribution in [3.63, 3.8) is 0 Å². The summed E-state index contributed by atoms with van der Waals surface area (Å²) >= 11 is 0. The second kappa shape index (κ2) is 9.67. The van der Waals surface area contributed by atoms with E-state index in [4.69, 9.17) is 9.72 Å². The Labute approximate surface area is 227 Å². The fourth-order valence-corrected chi connectivity index (χ4v) is 6.70. The van der Waals surface area contributed by atoms with Gasteiger partial charge in [0.25, 0.3) is 5.91 Å². The smallest absolute Gasteiger partial charge is 0.316 e. The highest BCUT2D eigenvalue weighted by Gasteiger charge is 2.41. The van der Waals surface area contributed by atoms with Crippen LogP contribution in [0.3, 0.4) is 0 Å². The molecule has 7 rings (SSSR count). The number of ether oxygens (including phenoxy) is 1. The summed E-state index contributed by atoms with van der Waals surface area (Å²) in [6, 6.07) is 16.1. The zero-order valence-electron chi connectivity index (χ0n) is 22.1. The number of rotatable bonds is 7. The van der Waals surface area contributed by atoms with Crippen LogP contribution in [-0.2, 0) is 25.1 Å². The Morgan fingerprint density at radius 3 is 2.54 bits per heavy atom. The van der Waals surface area contributed by atoms with Gasteiger partial charge < -0.3 is 18.8 Å². The summed E-state index contributed by atoms with van der Waals surface area (Å²) in [7, 11) is 0. The fraction of sp³-hybridized carbons (Fsp3) is 0.419. The minimum atomic E-state index is -0.459. The average Bonchev–Trinajstić information content (AvgIpc) is 3.57. The molecule has 0 radical (unpaired) electrons. The van der Waals surface area contributed by atoms with E-state index in [9.17, 15) is 9.59 Å². The van der Waals surface area contributed by atoms with Gasteiger partial charge in [-0.1, -0.05) is 43.2 Å². The Morgan fingerprint density at radius 2 is 1.77 bits per heavy atom. The molecule has 0 unspecified atom stereocenters. The molecule has 200 valence electrons. The van der Waals surface area contributed by atoms with Crippen molar-refractivity contribution in [2.75, 3.05) is 6.54 Å². The quantitative estimate of drug-likeness (QED) is 0.351. The number of carbonyl (C=O) groups excluding carboxylic acids is 1. The van der Waals surface area contributed by atoms with E-state index in [0.717, 1.165) is 61.5 Å². The van der Waals surface area contributed by atoms with Gasteiger partial charge in [0.2, 0.25) is 5.75 Å². The number of pyridine rings is 1. The topological polar surface area (TPSA) is 82.3 Å². The van der Waals surface area contributed by atoms with E-state index in [0.29, 0.717) is 31.0 Å². The molecule has 0 atom stereocenters. The monoisotopic (exact) mass is 523 g/mol. The fourth-order valence-electron chi connectivity index (χ4n) is 6.70. The number of aromatic nitrogens is 4. The van der Waals surface area contributed by atoms with Crippen molar-refractivity contribution in [2.45, 2.75) is 76.1 Å². The van der Waals surface area contributed by atoms with Gasteiger partial charge in [-0.05, 0) is 55.9 Å². The molecule has 3 aliphatic rings. The molecule has 1 aliphatic heterocycles. The van der Waals surface area contributed by atoms with Gasteiger partial charge in [0, 0.05) is 43.3 Å². The molecule has 1 amide bonds. The molecule has 4 aromatic rings. The predicted octanol–water partition coefficient (Wildman–Crippen LogP) is 4.69. The van der Waals surface area contributed by atoms with Crippen LogP contribution in [0.2, 0.25) is 0 Å². The van der Waals surface area contributed by atoms with Crippen LogP contribution < -0.4 is 10.3 Å². The summed E-state index contributed by atoms with van der Waals surface area (Å²) < 4.78 is 10.4. The number of nitrogens with zero attached hydrogens (tertiary/aromatic N) is 5. The molecular formula is C31H33N5O3. The molecule has 4 heterocycles. The maximum atomic E-state index is 14.0. The van der Waals surface area contributed by atoms with E-state index >= 15 is 0 Å². The lowest BCUT2D eigenvalue weighted by atomic mass is 9.90. The highest BCUT2D eigenvalue weighted by molar-refractivity contribution is 5.96. The van der Waals surface area contributed by atoms with Gasteiger partial charge >= 0.3 is 5.56 Å². The maximum Gasteiger partial charge on any atom is 0.316 e. The van der Waals surface area contributed by atoms with Crippen LogP contribution in [0.25, 0.3) is 11.0 Å². The second-order valence-corrected chi connectivity index (χ2v) is 11.2. The zero-order valence-corrected chi connectivity index (χ0v) is 22.1. The molecule has 0 spiro atoms. The van der Waals surface area contributed by atoms with Crippen LogP contribution in [0.5, 0.6) is 5.75 Å². The summed E-state index contributed by atoms with van der Waals surface area (Å²) in [5, 5.41) is 1.10. The van der Waals surface area contributed by atoms with Gasteiger partial charge in [-0.25, -0.2) is 4.98 Å². The van der Waals surface area contributed by atoms with E-state index in [1.54, 1.807) is 0 Å². The summed E-state index contributed by atoms with van der Waals surface area (Å²) in [5.74, 6) is 0.636. The molecule has 1 aromatic carbocycles. The lowest BCUT2D eigenvalue weighted by Gasteiger charge is -2.41. The molecule has 0 N–H and O–H groups in total. The Kier molecular flexibility index (Phi) is 5.98. The molecule has 2 fully saturated rings. The van der Waals surface area contributed by atoms with Crippen molar-refractivity contribution in [3.05, 3.63) is 88.4 Å². The van der Waals surface area contributed by atoms with Gasteiger partial charge in [-0.2, -0.15) is 4.98 Å². The van der Waals surface area contributed by atoms with Crippen molar-refractivity contribution in [2.24, 2.45) is 0 Å². The van der Waals surface area contributed by atoms with Crippen LogP contribution in [0.1, 0.15) is 66.8 Å². The zero-order chi connectivity index (χ0) is 26.4. The van der Waals surface area contributed by atoms with E-state index in [-0.39, 0.29) is 29.8 Å². The lowest BCUT2D eigenvalue weighted by Crippen LogP contribution is -2.51. The minimum absolute atomic E-state index is 0.0742. The summed E-state index contributed by atoms with van der Waals surface area (Å²) in [6.07, 6.45) is 11.9. The molecule has 8 heteroatoms. The Bertz CT molecular complexity index is 1580. The highest BCUT2D eigenvalue weighted by Crippen LogP contribution is 2.42. The van der Waals surface area contributed by atoms with E-state index in [1.807, 2.05) is 52.1 Å². The average molecular weight is 524 g/mol. The van der Waals surface area contributed by atoms with E-state index in [2.05, 4.69) is 27.9 Å². The SMILES string of the molecule is O=C1c2c(OCc3ccccc3)c(=O)nc(CC3(n4ccc5cccnc54)CCCC3)n2CCN1C1CCC1. The predicted molar refractivity (Wildman–Crippen MR) is 148 cm³/mol. The first-order valence-corrected chi connectivity index (χ1v) is 14.2. The molecule has 3 aromatic heterocycles. The third kappa shape index (κ3) is 4.13. The largest absolute Gasteiger partial charge is 0.481 e. The molecule has 39 heavy (non-hydrogen) atoms. The number of hydrogen-bond donors (Lipinski definition) is 0. The number of carbonyl (C=O) groups is 1. The summed E-state index contributed by atoms with van der Waals surface area (Å²) in [6.45, 7) is 1.46. The Hall–Kier alpha value is -3.94. The Morgan fingerprint density at radius 1 is 0.949 bits per heavy atom. The van der Waals surface area contributed by atoms with Crippen LogP contribution in [0, 0.1) is 0 Å². The third-order valence-corrected chi connectivity index (χ3v) is 8.97. The molecule has 2 aliphatic carbocycles. The van der Waals surface area contributed by atoms with E-state index < -0.39 is 5.56 Å². The van der Waals surface area contributed by atoms with Gasteiger partial charge in [0.15, 0.2) is 5.69 Å². The van der Waals surface area contributed by atoms with Gasteiger partial charge in [0.05, 0.1) is 5.54 Å². The van der Waals surface area contributed by atoms with Crippen molar-refractivity contribution < 1.29 is 9.53 Å². The van der Waals surface area contributed by atoms with Crippen LogP contribution in [0.15, 0.2) is 65.7 Å². The van der Waals surface area contributed by atoms with Gasteiger partial charge in [-0.3, -0.25) is 9.59 Å². The van der Waals surface area contributed by atoms with Gasteiger partial charge in [0.1, 0.15) is 18.1 Å². The molecule has 8 nitrogen and oxygen atoms in total. The van der Waals surface area contributed by atoms with Crippen molar-refractivity contribution in [1.29, 1.82) is 0 Å². The molecule has 2 saturated carbocycles. The van der Waals surface area contributed by atoms with Crippen molar-refractivity contribution in [3.8, 4) is 5.75 Å². The third-order valence-electron chi connectivity index (χ3n) is 8.97. The first kappa shape index (κ1) is 24.1. The lowest BCUT2D eigenvalue weighted by molar-refractivity contribution is 0.0496. The molecular weight excluding hydrogens is 490 g/mol. The second-order valence-electron chi connectivity index (χ2n) is 11.2. The van der Waals surface area contributed by atoms with Gasteiger partial charge in [-0.15, -0.1) is 0 Å². The van der Waals surface area contributed by atoms with Crippen LogP contribution in [-0.4, -0.2) is 42.5 Å². The minimum Gasteiger partial charge on any atom is -0.481 e. The standard InChI is InChI=1S/C31H33N5O3/c37-29-27(39-21-22-8-2-1-3-9-22)26-30(38)34(24-11-6-12-24)18-19-35(26)25(33-29)20-31(14-4-5-15-31)36-17-13-23-10-7-16-32-28(23)36/h1-3,7-10,13,16-17,24H,4-6,11-12,14-15,18-21H2. The maximum absolute atomic E-state index is 14.0. The molecule has 0 saturated heterocycles. The highest BCUT2D eigenvalue weighted by atomic mass is 16.5. The van der Waals surface area contributed by atoms with Crippen molar-refractivity contribution in [1.82, 2.24) is 24.0 Å². The number of amides is 1. The summed E-state index contributed by atoms with van der Waals surface area (Å²) in [5.41, 5.74) is 1.56. The summed E-state index contributed by atoms with van der Waals surface area (Å²) in [4.78, 5) is 38.8. The van der Waals surface area contributed by atoms with Crippen LogP contribution in [0.4, 0.5) is 0 Å². The number of hydrogen-bond acceptors (Lipinski definition) is 5. The number of fused-ring (bicyclic) bond motifs is 2. The van der Waals surface area contributed by atoms with E-state index in [1.165, 1.54) is 0 Å². The first-order chi connectivity index (χ1) is 19.1.